The monoisotopic (exact) mass is 349 g/mol. The van der Waals surface area contributed by atoms with Crippen molar-refractivity contribution >= 4 is 23.8 Å². The Labute approximate surface area is 144 Å². The molecule has 25 heavy (non-hydrogen) atoms. The van der Waals surface area contributed by atoms with Gasteiger partial charge in [0, 0.05) is 11.6 Å². The molecule has 134 valence electrons. The minimum Gasteiger partial charge on any atom is -0.497 e. The van der Waals surface area contributed by atoms with Crippen LogP contribution >= 0.6 is 0 Å². The predicted molar refractivity (Wildman–Crippen MR) is 86.0 cm³/mol. The van der Waals surface area contributed by atoms with E-state index in [2.05, 4.69) is 15.4 Å². The van der Waals surface area contributed by atoms with Crippen LogP contribution in [-0.2, 0) is 14.3 Å². The van der Waals surface area contributed by atoms with Gasteiger partial charge >= 0.3 is 12.0 Å². The zero-order valence-electron chi connectivity index (χ0n) is 13.7. The molecule has 1 aliphatic rings. The molecule has 1 aromatic carbocycles. The number of methoxy groups -OCH3 is 1. The Balaban J connectivity index is 1.64. The van der Waals surface area contributed by atoms with Crippen molar-refractivity contribution in [1.82, 2.24) is 16.0 Å². The number of rotatable bonds is 7. The molecule has 0 unspecified atom stereocenters. The molecule has 0 bridgehead atoms. The average molecular weight is 349 g/mol. The zero-order valence-corrected chi connectivity index (χ0v) is 13.7. The van der Waals surface area contributed by atoms with Gasteiger partial charge in [0.1, 0.15) is 12.3 Å². The Hall–Kier alpha value is -3.10. The normalized spacial score (nSPS) is 12.7. The van der Waals surface area contributed by atoms with E-state index in [1.165, 1.54) is 7.11 Å². The van der Waals surface area contributed by atoms with Crippen LogP contribution in [0.5, 0.6) is 5.75 Å². The third kappa shape index (κ3) is 6.50. The number of amides is 4. The summed E-state index contributed by atoms with van der Waals surface area (Å²) in [5.74, 6) is -1.40. The number of carbonyl (C=O) groups excluding carboxylic acids is 4. The van der Waals surface area contributed by atoms with Crippen molar-refractivity contribution in [2.24, 2.45) is 0 Å². The molecule has 3 N–H and O–H groups in total. The summed E-state index contributed by atoms with van der Waals surface area (Å²) in [5, 5.41) is 6.97. The first kappa shape index (κ1) is 18.2. The lowest BCUT2D eigenvalue weighted by molar-refractivity contribution is -0.147. The topological polar surface area (TPSA) is 123 Å². The molecule has 9 heteroatoms. The van der Waals surface area contributed by atoms with Gasteiger partial charge in [0.25, 0.3) is 11.8 Å². The van der Waals surface area contributed by atoms with Gasteiger partial charge in [-0.1, -0.05) is 0 Å². The third-order valence-corrected chi connectivity index (χ3v) is 3.28. The van der Waals surface area contributed by atoms with Gasteiger partial charge in [-0.15, -0.1) is 0 Å². The molecule has 1 saturated carbocycles. The van der Waals surface area contributed by atoms with Crippen molar-refractivity contribution in [3.05, 3.63) is 29.8 Å². The molecule has 0 radical (unpaired) electrons. The standard InChI is InChI=1S/C16H19N3O6/c1-24-12-6-2-10(3-7-12)15(22)17-8-14(21)25-9-13(20)19-16(23)18-11-4-5-11/h2-3,6-7,11H,4-5,8-9H2,1H3,(H,17,22)(H2,18,19,20,23). The van der Waals surface area contributed by atoms with Crippen LogP contribution in [0.25, 0.3) is 0 Å². The molecule has 0 aliphatic heterocycles. The smallest absolute Gasteiger partial charge is 0.325 e. The summed E-state index contributed by atoms with van der Waals surface area (Å²) in [4.78, 5) is 46.1. The molecule has 1 aliphatic carbocycles. The van der Waals surface area contributed by atoms with Crippen LogP contribution in [0, 0.1) is 0 Å². The SMILES string of the molecule is COc1ccc(C(=O)NCC(=O)OCC(=O)NC(=O)NC2CC2)cc1. The highest BCUT2D eigenvalue weighted by molar-refractivity contribution is 5.97. The van der Waals surface area contributed by atoms with Crippen molar-refractivity contribution in [2.75, 3.05) is 20.3 Å². The van der Waals surface area contributed by atoms with Gasteiger partial charge in [-0.25, -0.2) is 4.79 Å². The molecule has 0 aromatic heterocycles. The third-order valence-electron chi connectivity index (χ3n) is 3.28. The molecule has 0 spiro atoms. The number of imide groups is 1. The molecule has 0 atom stereocenters. The van der Waals surface area contributed by atoms with E-state index in [1.54, 1.807) is 24.3 Å². The highest BCUT2D eigenvalue weighted by atomic mass is 16.5. The molecule has 1 fully saturated rings. The van der Waals surface area contributed by atoms with E-state index in [0.29, 0.717) is 11.3 Å². The van der Waals surface area contributed by atoms with Crippen molar-refractivity contribution < 1.29 is 28.7 Å². The minimum atomic E-state index is -0.792. The van der Waals surface area contributed by atoms with E-state index in [-0.39, 0.29) is 6.04 Å². The van der Waals surface area contributed by atoms with Crippen molar-refractivity contribution in [3.63, 3.8) is 0 Å². The fraction of sp³-hybridized carbons (Fsp3) is 0.375. The number of urea groups is 1. The Bertz CT molecular complexity index is 654. The van der Waals surface area contributed by atoms with Crippen LogP contribution in [0.2, 0.25) is 0 Å². The summed E-state index contributed by atoms with van der Waals surface area (Å²) in [6.45, 7) is -0.998. The number of ether oxygens (including phenoxy) is 2. The second kappa shape index (κ2) is 8.67. The highest BCUT2D eigenvalue weighted by Gasteiger charge is 2.24. The maximum Gasteiger partial charge on any atom is 0.325 e. The summed E-state index contributed by atoms with van der Waals surface area (Å²) in [5.41, 5.74) is 0.350. The van der Waals surface area contributed by atoms with Crippen LogP contribution in [0.3, 0.4) is 0 Å². The average Bonchev–Trinajstić information content (AvgIpc) is 3.41. The Morgan fingerprint density at radius 2 is 1.80 bits per heavy atom. The van der Waals surface area contributed by atoms with Gasteiger partial charge in [0.05, 0.1) is 7.11 Å². The quantitative estimate of drug-likeness (QED) is 0.594. The lowest BCUT2D eigenvalue weighted by Gasteiger charge is -2.08. The van der Waals surface area contributed by atoms with E-state index >= 15 is 0 Å². The number of esters is 1. The molecular formula is C16H19N3O6. The van der Waals surface area contributed by atoms with E-state index in [9.17, 15) is 19.2 Å². The number of benzene rings is 1. The fourth-order valence-corrected chi connectivity index (χ4v) is 1.81. The molecular weight excluding hydrogens is 330 g/mol. The first-order valence-electron chi connectivity index (χ1n) is 7.66. The first-order valence-corrected chi connectivity index (χ1v) is 7.66. The van der Waals surface area contributed by atoms with Crippen LogP contribution in [-0.4, -0.2) is 50.1 Å². The number of carbonyl (C=O) groups is 4. The largest absolute Gasteiger partial charge is 0.497 e. The van der Waals surface area contributed by atoms with E-state index < -0.39 is 37.0 Å². The Kier molecular flexibility index (Phi) is 6.33. The predicted octanol–water partition coefficient (Wildman–Crippen LogP) is -0.0436. The molecule has 4 amide bonds. The minimum absolute atomic E-state index is 0.114. The zero-order chi connectivity index (χ0) is 18.2. The maximum atomic E-state index is 11.8. The summed E-state index contributed by atoms with van der Waals surface area (Å²) in [6.07, 6.45) is 1.79. The van der Waals surface area contributed by atoms with Gasteiger partial charge in [-0.05, 0) is 37.1 Å². The van der Waals surface area contributed by atoms with Crippen molar-refractivity contribution in [2.45, 2.75) is 18.9 Å². The number of hydrogen-bond acceptors (Lipinski definition) is 6. The fourth-order valence-electron chi connectivity index (χ4n) is 1.81. The summed E-state index contributed by atoms with van der Waals surface area (Å²) >= 11 is 0. The highest BCUT2D eigenvalue weighted by Crippen LogP contribution is 2.18. The molecule has 1 aromatic rings. The van der Waals surface area contributed by atoms with Gasteiger partial charge in [-0.3, -0.25) is 19.7 Å². The lowest BCUT2D eigenvalue weighted by atomic mass is 10.2. The van der Waals surface area contributed by atoms with Crippen molar-refractivity contribution in [3.8, 4) is 5.75 Å². The summed E-state index contributed by atoms with van der Waals surface area (Å²) in [6, 6.07) is 5.82. The van der Waals surface area contributed by atoms with E-state index in [1.807, 2.05) is 5.32 Å². The van der Waals surface area contributed by atoms with E-state index in [0.717, 1.165) is 12.8 Å². The summed E-state index contributed by atoms with van der Waals surface area (Å²) < 4.78 is 9.66. The molecule has 0 heterocycles. The Morgan fingerprint density at radius 3 is 2.40 bits per heavy atom. The molecule has 0 saturated heterocycles. The van der Waals surface area contributed by atoms with E-state index in [4.69, 9.17) is 4.74 Å². The van der Waals surface area contributed by atoms with Gasteiger partial charge in [0.2, 0.25) is 0 Å². The van der Waals surface area contributed by atoms with Gasteiger partial charge < -0.3 is 20.1 Å². The second-order valence-electron chi connectivity index (χ2n) is 5.37. The van der Waals surface area contributed by atoms with Crippen molar-refractivity contribution in [1.29, 1.82) is 0 Å². The number of nitrogens with one attached hydrogen (secondary N) is 3. The molecule has 2 rings (SSSR count). The van der Waals surface area contributed by atoms with Crippen LogP contribution in [0.1, 0.15) is 23.2 Å². The van der Waals surface area contributed by atoms with Crippen LogP contribution in [0.15, 0.2) is 24.3 Å². The van der Waals surface area contributed by atoms with Gasteiger partial charge in [-0.2, -0.15) is 0 Å². The lowest BCUT2D eigenvalue weighted by Crippen LogP contribution is -2.42. The molecule has 9 nitrogen and oxygen atoms in total. The first-order chi connectivity index (χ1) is 12.0. The summed E-state index contributed by atoms with van der Waals surface area (Å²) in [7, 11) is 1.51. The van der Waals surface area contributed by atoms with Gasteiger partial charge in [0.15, 0.2) is 6.61 Å². The Morgan fingerprint density at radius 1 is 1.12 bits per heavy atom. The van der Waals surface area contributed by atoms with Crippen LogP contribution in [0.4, 0.5) is 4.79 Å². The number of hydrogen-bond donors (Lipinski definition) is 3. The maximum absolute atomic E-state index is 11.8. The van der Waals surface area contributed by atoms with Crippen LogP contribution < -0.4 is 20.7 Å². The second-order valence-corrected chi connectivity index (χ2v) is 5.37.